The van der Waals surface area contributed by atoms with Crippen molar-refractivity contribution < 1.29 is 5.11 Å². The quantitative estimate of drug-likeness (QED) is 0.725. The van der Waals surface area contributed by atoms with Gasteiger partial charge in [-0.2, -0.15) is 5.26 Å². The van der Waals surface area contributed by atoms with E-state index in [0.717, 1.165) is 4.70 Å². The maximum Gasteiger partial charge on any atom is 0.144 e. The third kappa shape index (κ3) is 1.15. The topological polar surface area (TPSA) is 44.0 Å². The smallest absolute Gasteiger partial charge is 0.144 e. The molecule has 1 N–H and O–H groups in total. The summed E-state index contributed by atoms with van der Waals surface area (Å²) in [6.45, 7) is 0. The minimum Gasteiger partial charge on any atom is -0.506 e. The van der Waals surface area contributed by atoms with E-state index in [4.69, 9.17) is 16.9 Å². The Kier molecular flexibility index (Phi) is 1.87. The van der Waals surface area contributed by atoms with E-state index in [1.54, 1.807) is 17.5 Å². The average molecular weight is 210 g/mol. The first kappa shape index (κ1) is 8.36. The van der Waals surface area contributed by atoms with Crippen LogP contribution in [0.25, 0.3) is 10.1 Å². The number of nitriles is 1. The molecule has 0 radical (unpaired) electrons. The highest BCUT2D eigenvalue weighted by atomic mass is 35.5. The molecule has 64 valence electrons. The molecule has 0 unspecified atom stereocenters. The molecule has 0 spiro atoms. The van der Waals surface area contributed by atoms with Crippen molar-refractivity contribution in [3.05, 3.63) is 28.1 Å². The number of phenols is 1. The number of halogens is 1. The predicted molar refractivity (Wildman–Crippen MR) is 53.2 cm³/mol. The maximum absolute atomic E-state index is 9.58. The second-order valence-electron chi connectivity index (χ2n) is 2.53. The van der Waals surface area contributed by atoms with Gasteiger partial charge in [-0.25, -0.2) is 0 Å². The van der Waals surface area contributed by atoms with E-state index in [9.17, 15) is 5.11 Å². The number of aromatic hydroxyl groups is 1. The second-order valence-corrected chi connectivity index (χ2v) is 3.85. The van der Waals surface area contributed by atoms with Gasteiger partial charge in [0, 0.05) is 10.1 Å². The molecule has 0 saturated heterocycles. The number of rotatable bonds is 0. The molecule has 0 bridgehead atoms. The van der Waals surface area contributed by atoms with Crippen LogP contribution in [-0.2, 0) is 0 Å². The molecule has 2 rings (SSSR count). The zero-order valence-electron chi connectivity index (χ0n) is 6.41. The Morgan fingerprint density at radius 3 is 2.92 bits per heavy atom. The lowest BCUT2D eigenvalue weighted by Crippen LogP contribution is -1.73. The van der Waals surface area contributed by atoms with Crippen LogP contribution in [0.1, 0.15) is 5.56 Å². The number of hydrogen-bond donors (Lipinski definition) is 1. The number of hydrogen-bond acceptors (Lipinski definition) is 3. The molecule has 1 aromatic carbocycles. The van der Waals surface area contributed by atoms with Gasteiger partial charge in [0.25, 0.3) is 0 Å². The Balaban J connectivity index is 2.95. The summed E-state index contributed by atoms with van der Waals surface area (Å²) in [7, 11) is 0. The van der Waals surface area contributed by atoms with Crippen molar-refractivity contribution >= 4 is 33.0 Å². The van der Waals surface area contributed by atoms with Crippen LogP contribution in [0.5, 0.6) is 5.75 Å². The molecule has 0 fully saturated rings. The molecule has 13 heavy (non-hydrogen) atoms. The van der Waals surface area contributed by atoms with E-state index in [0.29, 0.717) is 10.9 Å². The molecule has 0 saturated carbocycles. The van der Waals surface area contributed by atoms with Gasteiger partial charge in [0.05, 0.1) is 16.0 Å². The Hall–Kier alpha value is -1.24. The highest BCUT2D eigenvalue weighted by molar-refractivity contribution is 7.17. The van der Waals surface area contributed by atoms with Gasteiger partial charge in [-0.05, 0) is 12.1 Å². The fourth-order valence-electron chi connectivity index (χ4n) is 1.17. The zero-order chi connectivity index (χ0) is 9.42. The van der Waals surface area contributed by atoms with Gasteiger partial charge in [-0.15, -0.1) is 11.3 Å². The van der Waals surface area contributed by atoms with Crippen LogP contribution < -0.4 is 0 Å². The maximum atomic E-state index is 9.58. The highest BCUT2D eigenvalue weighted by Crippen LogP contribution is 2.37. The number of nitrogens with zero attached hydrogens (tertiary/aromatic N) is 1. The van der Waals surface area contributed by atoms with Crippen molar-refractivity contribution in [2.45, 2.75) is 0 Å². The third-order valence-corrected chi connectivity index (χ3v) is 3.04. The van der Waals surface area contributed by atoms with E-state index in [-0.39, 0.29) is 10.8 Å². The summed E-state index contributed by atoms with van der Waals surface area (Å²) < 4.78 is 0.874. The van der Waals surface area contributed by atoms with Crippen LogP contribution in [-0.4, -0.2) is 5.11 Å². The second kappa shape index (κ2) is 2.91. The molecule has 1 heterocycles. The van der Waals surface area contributed by atoms with E-state index >= 15 is 0 Å². The fraction of sp³-hybridized carbons (Fsp3) is 0. The van der Waals surface area contributed by atoms with Crippen molar-refractivity contribution in [2.75, 3.05) is 0 Å². The summed E-state index contributed by atoms with van der Waals surface area (Å²) in [5, 5.41) is 20.9. The Labute approximate surface area is 83.6 Å². The van der Waals surface area contributed by atoms with Crippen LogP contribution in [0.15, 0.2) is 17.5 Å². The minimum absolute atomic E-state index is 0.00281. The Morgan fingerprint density at radius 1 is 1.46 bits per heavy atom. The Morgan fingerprint density at radius 2 is 2.23 bits per heavy atom. The van der Waals surface area contributed by atoms with Gasteiger partial charge in [-0.3, -0.25) is 0 Å². The largest absolute Gasteiger partial charge is 0.506 e. The Bertz CT molecular complexity index is 512. The lowest BCUT2D eigenvalue weighted by Gasteiger charge is -1.97. The van der Waals surface area contributed by atoms with Gasteiger partial charge >= 0.3 is 0 Å². The number of phenolic OH excluding ortho intramolecular Hbond substituents is 1. The third-order valence-electron chi connectivity index (χ3n) is 1.78. The standard InChI is InChI=1S/C9H4ClNOS/c10-6-1-2-7-8(9(6)12)5(3-11)4-13-7/h1-2,4,12H. The molecule has 2 aromatic rings. The molecule has 0 aliphatic heterocycles. The van der Waals surface area contributed by atoms with E-state index < -0.39 is 0 Å². The van der Waals surface area contributed by atoms with E-state index in [1.807, 2.05) is 6.07 Å². The summed E-state index contributed by atoms with van der Waals surface area (Å²) in [4.78, 5) is 0. The van der Waals surface area contributed by atoms with Crippen LogP contribution in [0, 0.1) is 11.3 Å². The fourth-order valence-corrected chi connectivity index (χ4v) is 2.21. The SMILES string of the molecule is N#Cc1csc2ccc(Cl)c(O)c12. The predicted octanol–water partition coefficient (Wildman–Crippen LogP) is 3.13. The molecule has 2 nitrogen and oxygen atoms in total. The summed E-state index contributed by atoms with van der Waals surface area (Å²) >= 11 is 7.14. The molecular formula is C9H4ClNOS. The van der Waals surface area contributed by atoms with Crippen molar-refractivity contribution in [3.63, 3.8) is 0 Å². The number of fused-ring (bicyclic) bond motifs is 1. The first-order valence-corrected chi connectivity index (χ1v) is 4.78. The van der Waals surface area contributed by atoms with Gasteiger partial charge in [-0.1, -0.05) is 11.6 Å². The lowest BCUT2D eigenvalue weighted by molar-refractivity contribution is 0.482. The first-order chi connectivity index (χ1) is 6.24. The summed E-state index contributed by atoms with van der Waals surface area (Å²) in [6.07, 6.45) is 0. The lowest BCUT2D eigenvalue weighted by atomic mass is 10.2. The van der Waals surface area contributed by atoms with Gasteiger partial charge in [0.1, 0.15) is 11.8 Å². The molecule has 0 aliphatic carbocycles. The minimum atomic E-state index is -0.00281. The van der Waals surface area contributed by atoms with Crippen LogP contribution in [0.3, 0.4) is 0 Å². The van der Waals surface area contributed by atoms with Gasteiger partial charge in [0.15, 0.2) is 0 Å². The van der Waals surface area contributed by atoms with Crippen molar-refractivity contribution in [1.82, 2.24) is 0 Å². The molecule has 4 heteroatoms. The summed E-state index contributed by atoms with van der Waals surface area (Å²) in [6, 6.07) is 5.43. The van der Waals surface area contributed by atoms with Crippen molar-refractivity contribution in [3.8, 4) is 11.8 Å². The van der Waals surface area contributed by atoms with Crippen molar-refractivity contribution in [1.29, 1.82) is 5.26 Å². The van der Waals surface area contributed by atoms with E-state index in [2.05, 4.69) is 0 Å². The molecule has 1 aromatic heterocycles. The molecular weight excluding hydrogens is 206 g/mol. The molecule has 0 aliphatic rings. The molecule has 0 amide bonds. The van der Waals surface area contributed by atoms with Crippen LogP contribution >= 0.6 is 22.9 Å². The average Bonchev–Trinajstić information content (AvgIpc) is 2.55. The van der Waals surface area contributed by atoms with Crippen molar-refractivity contribution in [2.24, 2.45) is 0 Å². The number of thiophene rings is 1. The summed E-state index contributed by atoms with van der Waals surface area (Å²) in [5.41, 5.74) is 0.472. The summed E-state index contributed by atoms with van der Waals surface area (Å²) in [5.74, 6) is -0.00281. The monoisotopic (exact) mass is 209 g/mol. The van der Waals surface area contributed by atoms with E-state index in [1.165, 1.54) is 11.3 Å². The molecule has 0 atom stereocenters. The van der Waals surface area contributed by atoms with Crippen LogP contribution in [0.2, 0.25) is 5.02 Å². The normalized spacial score (nSPS) is 10.2. The van der Waals surface area contributed by atoms with Gasteiger partial charge in [0.2, 0.25) is 0 Å². The first-order valence-electron chi connectivity index (χ1n) is 3.53. The van der Waals surface area contributed by atoms with Gasteiger partial charge < -0.3 is 5.11 Å². The zero-order valence-corrected chi connectivity index (χ0v) is 7.99. The highest BCUT2D eigenvalue weighted by Gasteiger charge is 2.10. The number of benzene rings is 1. The van der Waals surface area contributed by atoms with Crippen LogP contribution in [0.4, 0.5) is 0 Å².